The van der Waals surface area contributed by atoms with Crippen LogP contribution in [0.4, 0.5) is 27.6 Å². The lowest BCUT2D eigenvalue weighted by Crippen LogP contribution is -2.29. The molecule has 1 unspecified atom stereocenters. The molecule has 0 spiro atoms. The molecule has 1 aromatic carbocycles. The summed E-state index contributed by atoms with van der Waals surface area (Å²) in [5.41, 5.74) is 0.0807. The molecule has 1 atom stereocenters. The molecule has 1 aromatic rings. The molecule has 2 rings (SSSR count). The number of rotatable bonds is 6. The second-order valence-corrected chi connectivity index (χ2v) is 7.33. The first-order chi connectivity index (χ1) is 11.7. The zero-order chi connectivity index (χ0) is 18.6. The van der Waals surface area contributed by atoms with E-state index in [1.165, 1.54) is 6.92 Å². The van der Waals surface area contributed by atoms with Crippen LogP contribution in [-0.2, 0) is 10.8 Å². The Bertz CT molecular complexity index is 671. The fourth-order valence-corrected chi connectivity index (χ4v) is 3.59. The van der Waals surface area contributed by atoms with Crippen LogP contribution in [0.1, 0.15) is 24.8 Å². The highest BCUT2D eigenvalue weighted by molar-refractivity contribution is 7.85. The van der Waals surface area contributed by atoms with Gasteiger partial charge in [0.05, 0.1) is 23.0 Å². The minimum Gasteiger partial charge on any atom is -0.341 e. The van der Waals surface area contributed by atoms with E-state index in [4.69, 9.17) is 0 Å². The highest BCUT2D eigenvalue weighted by atomic mass is 32.2. The van der Waals surface area contributed by atoms with E-state index < -0.39 is 35.2 Å². The summed E-state index contributed by atoms with van der Waals surface area (Å²) in [6.07, 6.45) is -1.94. The normalized spacial score (nSPS) is 17.3. The molecule has 1 N–H and O–H groups in total. The van der Waals surface area contributed by atoms with E-state index in [1.807, 2.05) is 0 Å². The van der Waals surface area contributed by atoms with Crippen molar-refractivity contribution in [3.8, 4) is 0 Å². The van der Waals surface area contributed by atoms with E-state index >= 15 is 0 Å². The van der Waals surface area contributed by atoms with E-state index in [-0.39, 0.29) is 28.6 Å². The molecule has 140 valence electrons. The molecule has 0 heterocycles. The van der Waals surface area contributed by atoms with E-state index in [0.717, 1.165) is 31.4 Å². The molecule has 1 saturated carbocycles. The molecule has 0 radical (unpaired) electrons. The second-order valence-electron chi connectivity index (χ2n) is 5.91. The Balaban J connectivity index is 2.27. The van der Waals surface area contributed by atoms with Crippen LogP contribution in [0.5, 0.6) is 0 Å². The smallest absolute Gasteiger partial charge is 0.341 e. The topological polar surface area (TPSA) is 41.5 Å². The summed E-state index contributed by atoms with van der Waals surface area (Å²) < 4.78 is 76.0. The van der Waals surface area contributed by atoms with Crippen LogP contribution >= 0.6 is 0 Å². The number of aliphatic imine (C=N–C) groups is 1. The van der Waals surface area contributed by atoms with Crippen LogP contribution in [0.2, 0.25) is 0 Å². The molecule has 3 nitrogen and oxygen atoms in total. The van der Waals surface area contributed by atoms with Gasteiger partial charge in [-0.05, 0) is 37.5 Å². The van der Waals surface area contributed by atoms with Crippen molar-refractivity contribution >= 4 is 22.3 Å². The van der Waals surface area contributed by atoms with Crippen LogP contribution in [0.15, 0.2) is 22.0 Å². The van der Waals surface area contributed by atoms with Gasteiger partial charge >= 0.3 is 6.18 Å². The van der Waals surface area contributed by atoms with E-state index in [2.05, 4.69) is 10.3 Å². The number of nitrogens with one attached hydrogen (secondary N) is 1. The zero-order valence-electron chi connectivity index (χ0n) is 13.6. The lowest BCUT2D eigenvalue weighted by atomic mass is 9.84. The minimum absolute atomic E-state index is 0.0522. The zero-order valence-corrected chi connectivity index (χ0v) is 14.4. The summed E-state index contributed by atoms with van der Waals surface area (Å²) in [5, 5.41) is 2.76. The molecule has 0 aliphatic heterocycles. The Labute approximate surface area is 145 Å². The number of anilines is 1. The Morgan fingerprint density at radius 3 is 2.56 bits per heavy atom. The quantitative estimate of drug-likeness (QED) is 0.451. The Hall–Kier alpha value is -1.51. The number of halogens is 5. The van der Waals surface area contributed by atoms with Crippen LogP contribution < -0.4 is 5.32 Å². The third-order valence-corrected chi connectivity index (χ3v) is 5.45. The fourth-order valence-electron chi connectivity index (χ4n) is 2.47. The maximum atomic E-state index is 14.2. The van der Waals surface area contributed by atoms with Crippen molar-refractivity contribution in [2.24, 2.45) is 10.9 Å². The number of alkyl halides is 4. The average molecular weight is 382 g/mol. The Morgan fingerprint density at radius 2 is 2.04 bits per heavy atom. The second kappa shape index (κ2) is 8.25. The monoisotopic (exact) mass is 382 g/mol. The predicted molar refractivity (Wildman–Crippen MR) is 87.7 cm³/mol. The van der Waals surface area contributed by atoms with Gasteiger partial charge < -0.3 is 5.32 Å². The summed E-state index contributed by atoms with van der Waals surface area (Å²) in [6.45, 7) is 0.675. The first-order valence-electron chi connectivity index (χ1n) is 7.84. The van der Waals surface area contributed by atoms with Gasteiger partial charge in [0.2, 0.25) is 0 Å². The molecular weight excluding hydrogens is 363 g/mol. The van der Waals surface area contributed by atoms with Gasteiger partial charge in [-0.1, -0.05) is 6.42 Å². The van der Waals surface area contributed by atoms with Gasteiger partial charge in [-0.15, -0.1) is 0 Å². The van der Waals surface area contributed by atoms with Crippen molar-refractivity contribution in [2.45, 2.75) is 37.3 Å². The highest BCUT2D eigenvalue weighted by Gasteiger charge is 2.32. The van der Waals surface area contributed by atoms with Crippen molar-refractivity contribution in [1.29, 1.82) is 0 Å². The minimum atomic E-state index is -4.58. The first-order valence-corrected chi connectivity index (χ1v) is 9.15. The molecule has 1 fully saturated rings. The van der Waals surface area contributed by atoms with Crippen molar-refractivity contribution in [1.82, 2.24) is 0 Å². The van der Waals surface area contributed by atoms with E-state index in [9.17, 15) is 26.2 Å². The molecular formula is C16H19F5N2OS. The molecule has 0 saturated heterocycles. The summed E-state index contributed by atoms with van der Waals surface area (Å²) in [7, 11) is -2.33. The molecule has 25 heavy (non-hydrogen) atoms. The van der Waals surface area contributed by atoms with Crippen molar-refractivity contribution < 1.29 is 26.2 Å². The molecule has 9 heteroatoms. The van der Waals surface area contributed by atoms with Gasteiger partial charge in [-0.3, -0.25) is 9.20 Å². The number of amidine groups is 1. The average Bonchev–Trinajstić information content (AvgIpc) is 2.43. The van der Waals surface area contributed by atoms with Gasteiger partial charge in [0, 0.05) is 10.8 Å². The lowest BCUT2D eigenvalue weighted by molar-refractivity contribution is -0.105. The molecule has 0 amide bonds. The molecule has 1 aliphatic rings. The van der Waals surface area contributed by atoms with Gasteiger partial charge in [0.1, 0.15) is 24.1 Å². The molecule has 0 aromatic heterocycles. The van der Waals surface area contributed by atoms with Crippen LogP contribution in [0.3, 0.4) is 0 Å². The number of benzene rings is 1. The Kier molecular flexibility index (Phi) is 6.53. The van der Waals surface area contributed by atoms with Gasteiger partial charge in [-0.25, -0.2) is 8.78 Å². The van der Waals surface area contributed by atoms with Crippen molar-refractivity contribution in [3.05, 3.63) is 23.5 Å². The number of hydrogen-bond donors (Lipinski definition) is 1. The summed E-state index contributed by atoms with van der Waals surface area (Å²) in [5.74, 6) is -1.71. The molecule has 0 bridgehead atoms. The third kappa shape index (κ3) is 5.49. The van der Waals surface area contributed by atoms with Gasteiger partial charge in [0.15, 0.2) is 0 Å². The molecule has 1 aliphatic carbocycles. The summed E-state index contributed by atoms with van der Waals surface area (Å²) in [6, 6.07) is 2.16. The van der Waals surface area contributed by atoms with Crippen LogP contribution in [0, 0.1) is 18.7 Å². The van der Waals surface area contributed by atoms with E-state index in [1.54, 1.807) is 0 Å². The maximum absolute atomic E-state index is 14.2. The van der Waals surface area contributed by atoms with Crippen LogP contribution in [0.25, 0.3) is 0 Å². The van der Waals surface area contributed by atoms with Gasteiger partial charge in [-0.2, -0.15) is 13.2 Å². The maximum Gasteiger partial charge on any atom is 0.400 e. The lowest BCUT2D eigenvalue weighted by Gasteiger charge is -2.28. The Morgan fingerprint density at radius 1 is 1.36 bits per heavy atom. The summed E-state index contributed by atoms with van der Waals surface area (Å²) >= 11 is 0. The SMILES string of the molecule is Cc1cc(F)c(NC(=NCCF)C2CCC2)cc1S(=O)CC(F)(F)F. The largest absolute Gasteiger partial charge is 0.400 e. The first kappa shape index (κ1) is 19.8. The van der Waals surface area contributed by atoms with E-state index in [0.29, 0.717) is 5.84 Å². The standard InChI is InChI=1S/C16H19F5N2OS/c1-10-7-12(18)13(8-14(10)25(24)9-16(19,20)21)23-15(22-6-5-17)11-3-2-4-11/h7-8,11H,2-6,9H2,1H3,(H,22,23). The number of hydrogen-bond acceptors (Lipinski definition) is 2. The van der Waals surface area contributed by atoms with Gasteiger partial charge in [0.25, 0.3) is 0 Å². The van der Waals surface area contributed by atoms with Crippen molar-refractivity contribution in [3.63, 3.8) is 0 Å². The van der Waals surface area contributed by atoms with Crippen LogP contribution in [-0.4, -0.2) is 35.2 Å². The number of nitrogens with zero attached hydrogens (tertiary/aromatic N) is 1. The third-order valence-electron chi connectivity index (χ3n) is 3.93. The van der Waals surface area contributed by atoms with Crippen molar-refractivity contribution in [2.75, 3.05) is 24.3 Å². The number of aryl methyl sites for hydroxylation is 1. The fraction of sp³-hybridized carbons (Fsp3) is 0.562. The highest BCUT2D eigenvalue weighted by Crippen LogP contribution is 2.31. The summed E-state index contributed by atoms with van der Waals surface area (Å²) in [4.78, 5) is 3.98. The predicted octanol–water partition coefficient (Wildman–Crippen LogP) is 4.38.